The van der Waals surface area contributed by atoms with Crippen molar-refractivity contribution in [2.75, 3.05) is 5.32 Å². The topological polar surface area (TPSA) is 85.5 Å². The molecule has 1 aliphatic heterocycles. The molecule has 0 bridgehead atoms. The summed E-state index contributed by atoms with van der Waals surface area (Å²) in [5.74, 6) is 0.0232. The van der Waals surface area contributed by atoms with Gasteiger partial charge in [-0.05, 0) is 5.56 Å². The minimum atomic E-state index is -0.584. The lowest BCUT2D eigenvalue weighted by atomic mass is 9.94. The van der Waals surface area contributed by atoms with E-state index >= 15 is 0 Å². The van der Waals surface area contributed by atoms with Crippen molar-refractivity contribution in [3.05, 3.63) is 92.6 Å². The highest BCUT2D eigenvalue weighted by atomic mass is 16.2. The van der Waals surface area contributed by atoms with Crippen LogP contribution in [0.5, 0.6) is 0 Å². The summed E-state index contributed by atoms with van der Waals surface area (Å²) in [6.07, 6.45) is 0. The van der Waals surface area contributed by atoms with E-state index in [1.165, 1.54) is 11.6 Å². The highest BCUT2D eigenvalue weighted by Gasteiger charge is 2.32. The molecule has 3 aromatic rings. The van der Waals surface area contributed by atoms with Crippen LogP contribution in [-0.2, 0) is 14.1 Å². The molecule has 140 valence electrons. The zero-order valence-corrected chi connectivity index (χ0v) is 15.4. The smallest absolute Gasteiger partial charge is 0.332 e. The molecule has 2 aromatic carbocycles. The number of hydrogen-bond donors (Lipinski definition) is 1. The van der Waals surface area contributed by atoms with Gasteiger partial charge in [0.1, 0.15) is 11.5 Å². The molecule has 0 fully saturated rings. The maximum Gasteiger partial charge on any atom is 0.332 e. The Labute approximate surface area is 160 Å². The first-order chi connectivity index (χ1) is 13.5. The third-order valence-electron chi connectivity index (χ3n) is 4.83. The lowest BCUT2D eigenvalue weighted by Crippen LogP contribution is -2.41. The van der Waals surface area contributed by atoms with E-state index in [9.17, 15) is 14.4 Å². The Morgan fingerprint density at radius 3 is 2.18 bits per heavy atom. The van der Waals surface area contributed by atoms with E-state index in [0.717, 1.165) is 10.1 Å². The number of anilines is 1. The largest absolute Gasteiger partial charge is 0.357 e. The SMILES string of the molecule is Cn1c2c(c(=O)n(C)c1=O)N=C(C(=O)c1ccccc1)C(c1ccccc1)N2. The van der Waals surface area contributed by atoms with E-state index in [0.29, 0.717) is 11.4 Å². The lowest BCUT2D eigenvalue weighted by Gasteiger charge is -2.28. The molecule has 7 heteroatoms. The highest BCUT2D eigenvalue weighted by Crippen LogP contribution is 2.32. The van der Waals surface area contributed by atoms with Gasteiger partial charge < -0.3 is 5.32 Å². The number of benzene rings is 2. The van der Waals surface area contributed by atoms with Gasteiger partial charge in [0, 0.05) is 19.7 Å². The molecule has 1 N–H and O–H groups in total. The molecular formula is C21H18N4O3. The first-order valence-electron chi connectivity index (χ1n) is 8.79. The third-order valence-corrected chi connectivity index (χ3v) is 4.83. The fourth-order valence-electron chi connectivity index (χ4n) is 3.29. The summed E-state index contributed by atoms with van der Waals surface area (Å²) in [5, 5.41) is 3.19. The molecule has 2 heterocycles. The molecule has 1 aliphatic rings. The number of aliphatic imine (C=N–C) groups is 1. The Morgan fingerprint density at radius 2 is 1.54 bits per heavy atom. The van der Waals surface area contributed by atoms with Crippen LogP contribution in [0.15, 0.2) is 75.2 Å². The first-order valence-corrected chi connectivity index (χ1v) is 8.79. The second-order valence-corrected chi connectivity index (χ2v) is 6.58. The number of aromatic nitrogens is 2. The number of carbonyl (C=O) groups is 1. The zero-order valence-electron chi connectivity index (χ0n) is 15.4. The monoisotopic (exact) mass is 374 g/mol. The van der Waals surface area contributed by atoms with Gasteiger partial charge in [-0.3, -0.25) is 18.7 Å². The van der Waals surface area contributed by atoms with Gasteiger partial charge in [-0.1, -0.05) is 60.7 Å². The van der Waals surface area contributed by atoms with E-state index in [2.05, 4.69) is 10.3 Å². The van der Waals surface area contributed by atoms with Crippen molar-refractivity contribution in [2.24, 2.45) is 19.1 Å². The van der Waals surface area contributed by atoms with Crippen LogP contribution in [0.25, 0.3) is 0 Å². The number of carbonyl (C=O) groups excluding carboxylic acids is 1. The molecule has 0 aliphatic carbocycles. The molecule has 7 nitrogen and oxygen atoms in total. The average Bonchev–Trinajstić information content (AvgIpc) is 2.76. The molecule has 4 rings (SSSR count). The highest BCUT2D eigenvalue weighted by molar-refractivity contribution is 6.48. The van der Waals surface area contributed by atoms with Crippen molar-refractivity contribution in [1.82, 2.24) is 9.13 Å². The quantitative estimate of drug-likeness (QED) is 0.712. The molecule has 0 spiro atoms. The molecule has 0 amide bonds. The molecular weight excluding hydrogens is 356 g/mol. The molecule has 0 saturated carbocycles. The maximum absolute atomic E-state index is 13.2. The average molecular weight is 374 g/mol. The predicted molar refractivity (Wildman–Crippen MR) is 108 cm³/mol. The molecule has 1 aromatic heterocycles. The Bertz CT molecular complexity index is 1210. The number of nitrogens with zero attached hydrogens (tertiary/aromatic N) is 3. The van der Waals surface area contributed by atoms with Gasteiger partial charge >= 0.3 is 5.69 Å². The zero-order chi connectivity index (χ0) is 19.8. The van der Waals surface area contributed by atoms with Crippen LogP contribution in [-0.4, -0.2) is 20.6 Å². The van der Waals surface area contributed by atoms with Crippen LogP contribution in [0.4, 0.5) is 11.5 Å². The van der Waals surface area contributed by atoms with Crippen LogP contribution >= 0.6 is 0 Å². The minimum Gasteiger partial charge on any atom is -0.357 e. The number of hydrogen-bond acceptors (Lipinski definition) is 5. The molecule has 1 atom stereocenters. The molecule has 28 heavy (non-hydrogen) atoms. The number of nitrogens with one attached hydrogen (secondary N) is 1. The fraction of sp³-hybridized carbons (Fsp3) is 0.143. The maximum atomic E-state index is 13.2. The van der Waals surface area contributed by atoms with Crippen molar-refractivity contribution in [2.45, 2.75) is 6.04 Å². The normalized spacial score (nSPS) is 15.4. The van der Waals surface area contributed by atoms with Crippen LogP contribution in [0.1, 0.15) is 22.0 Å². The van der Waals surface area contributed by atoms with Crippen LogP contribution < -0.4 is 16.6 Å². The van der Waals surface area contributed by atoms with Gasteiger partial charge in [0.15, 0.2) is 5.69 Å². The summed E-state index contributed by atoms with van der Waals surface area (Å²) in [4.78, 5) is 42.6. The molecule has 0 saturated heterocycles. The first kappa shape index (κ1) is 17.7. The summed E-state index contributed by atoms with van der Waals surface area (Å²) >= 11 is 0. The third kappa shape index (κ3) is 2.77. The predicted octanol–water partition coefficient (Wildman–Crippen LogP) is 2.21. The van der Waals surface area contributed by atoms with Crippen LogP contribution in [0.2, 0.25) is 0 Å². The second kappa shape index (κ2) is 6.77. The van der Waals surface area contributed by atoms with E-state index in [4.69, 9.17) is 0 Å². The van der Waals surface area contributed by atoms with Crippen LogP contribution in [0.3, 0.4) is 0 Å². The Balaban J connectivity index is 1.96. The van der Waals surface area contributed by atoms with Crippen LogP contribution in [0, 0.1) is 0 Å². The van der Waals surface area contributed by atoms with Gasteiger partial charge in [0.2, 0.25) is 5.78 Å². The molecule has 1 unspecified atom stereocenters. The van der Waals surface area contributed by atoms with E-state index in [-0.39, 0.29) is 17.2 Å². The lowest BCUT2D eigenvalue weighted by molar-refractivity contribution is 0.106. The summed E-state index contributed by atoms with van der Waals surface area (Å²) in [6, 6.07) is 17.6. The standard InChI is InChI=1S/C21H18N4O3/c1-24-19-17(20(27)25(2)21(24)28)22-16(18(26)14-11-7-4-8-12-14)15(23-19)13-9-5-3-6-10-13/h3-12,15,23H,1-2H3. The van der Waals surface area contributed by atoms with E-state index in [1.54, 1.807) is 31.3 Å². The van der Waals surface area contributed by atoms with Crippen molar-refractivity contribution in [1.29, 1.82) is 0 Å². The summed E-state index contributed by atoms with van der Waals surface area (Å²) in [6.45, 7) is 0. The number of Topliss-reactive ketones (excluding diaryl/α,β-unsaturated/α-hetero) is 1. The number of rotatable bonds is 3. The van der Waals surface area contributed by atoms with E-state index < -0.39 is 17.3 Å². The Hall–Kier alpha value is -3.74. The second-order valence-electron chi connectivity index (χ2n) is 6.58. The summed E-state index contributed by atoms with van der Waals surface area (Å²) in [5.41, 5.74) is 0.543. The van der Waals surface area contributed by atoms with Gasteiger partial charge in [-0.15, -0.1) is 0 Å². The van der Waals surface area contributed by atoms with Gasteiger partial charge in [-0.2, -0.15) is 0 Å². The van der Waals surface area contributed by atoms with E-state index in [1.807, 2.05) is 36.4 Å². The van der Waals surface area contributed by atoms with Crippen molar-refractivity contribution >= 4 is 23.0 Å². The van der Waals surface area contributed by atoms with Gasteiger partial charge in [-0.25, -0.2) is 9.79 Å². The number of fused-ring (bicyclic) bond motifs is 1. The van der Waals surface area contributed by atoms with Crippen molar-refractivity contribution < 1.29 is 4.79 Å². The Kier molecular flexibility index (Phi) is 4.27. The fourth-order valence-corrected chi connectivity index (χ4v) is 3.29. The van der Waals surface area contributed by atoms with Crippen molar-refractivity contribution in [3.8, 4) is 0 Å². The Morgan fingerprint density at radius 1 is 0.929 bits per heavy atom. The minimum absolute atomic E-state index is 0.0519. The van der Waals surface area contributed by atoms with Crippen molar-refractivity contribution in [3.63, 3.8) is 0 Å². The molecule has 0 radical (unpaired) electrons. The summed E-state index contributed by atoms with van der Waals surface area (Å²) < 4.78 is 2.32. The van der Waals surface area contributed by atoms with Gasteiger partial charge in [0.25, 0.3) is 5.56 Å². The summed E-state index contributed by atoms with van der Waals surface area (Å²) in [7, 11) is 2.96. The number of ketones is 1. The van der Waals surface area contributed by atoms with Gasteiger partial charge in [0.05, 0.1) is 6.04 Å².